The predicted molar refractivity (Wildman–Crippen MR) is 135 cm³/mol. The first kappa shape index (κ1) is 23.3. The highest BCUT2D eigenvalue weighted by Crippen LogP contribution is 2.72. The molecular formula is C27H47O2PS. The van der Waals surface area contributed by atoms with E-state index in [4.69, 9.17) is 21.3 Å². The van der Waals surface area contributed by atoms with E-state index in [1.54, 1.807) is 0 Å². The first-order valence-corrected chi connectivity index (χ1v) is 17.1. The number of hydrogen-bond acceptors (Lipinski definition) is 3. The minimum atomic E-state index is -1.59. The minimum absolute atomic E-state index is 0.401. The number of fused-ring (bicyclic) bond motifs is 4. The fourth-order valence-electron chi connectivity index (χ4n) is 8.11. The molecular weight excluding hydrogens is 419 g/mol. The molecule has 0 bridgehead atoms. The molecule has 8 unspecified atom stereocenters. The van der Waals surface area contributed by atoms with Gasteiger partial charge in [0.15, 0.2) is 0 Å². The first-order chi connectivity index (χ1) is 15.2. The molecule has 0 aromatic rings. The zero-order valence-corrected chi connectivity index (χ0v) is 21.7. The molecule has 2 saturated heterocycles. The summed E-state index contributed by atoms with van der Waals surface area (Å²) >= 11 is 7.17. The number of rotatable bonds is 0. The van der Waals surface area contributed by atoms with Crippen LogP contribution in [0.5, 0.6) is 0 Å². The van der Waals surface area contributed by atoms with Crippen LogP contribution in [0.2, 0.25) is 0 Å². The fourth-order valence-corrected chi connectivity index (χ4v) is 15.9. The third kappa shape index (κ3) is 4.74. The van der Waals surface area contributed by atoms with Crippen molar-refractivity contribution in [2.45, 2.75) is 164 Å². The second-order valence-electron chi connectivity index (χ2n) is 11.8. The van der Waals surface area contributed by atoms with Crippen LogP contribution in [0.1, 0.15) is 122 Å². The van der Waals surface area contributed by atoms with Crippen LogP contribution in [0.15, 0.2) is 0 Å². The molecule has 4 heteroatoms. The average Bonchev–Trinajstić information content (AvgIpc) is 2.88. The molecule has 2 nitrogen and oxygen atoms in total. The van der Waals surface area contributed by atoms with Gasteiger partial charge in [0.1, 0.15) is 0 Å². The molecule has 5 rings (SSSR count). The largest absolute Gasteiger partial charge is 0.374 e. The van der Waals surface area contributed by atoms with Crippen LogP contribution < -0.4 is 0 Å². The van der Waals surface area contributed by atoms with Crippen LogP contribution in [0.25, 0.3) is 0 Å². The van der Waals surface area contributed by atoms with Crippen molar-refractivity contribution in [3.05, 3.63) is 0 Å². The third-order valence-electron chi connectivity index (χ3n) is 9.62. The zero-order valence-electron chi connectivity index (χ0n) is 20.0. The summed E-state index contributed by atoms with van der Waals surface area (Å²) in [5.41, 5.74) is 1.94. The van der Waals surface area contributed by atoms with Gasteiger partial charge in [-0.05, 0) is 50.5 Å². The first-order valence-electron chi connectivity index (χ1n) is 14.1. The second-order valence-corrected chi connectivity index (χ2v) is 17.1. The average molecular weight is 467 g/mol. The summed E-state index contributed by atoms with van der Waals surface area (Å²) in [6.45, 7) is 2.50. The smallest absolute Gasteiger partial charge is 0.0679 e. The Balaban J connectivity index is 1.55. The summed E-state index contributed by atoms with van der Waals surface area (Å²) in [6, 6.07) is -1.59. The van der Waals surface area contributed by atoms with Crippen LogP contribution in [0, 0.1) is 5.92 Å². The Hall–Kier alpha value is 0.570. The van der Waals surface area contributed by atoms with Gasteiger partial charge in [0, 0.05) is 17.0 Å². The van der Waals surface area contributed by atoms with Crippen molar-refractivity contribution in [2.24, 2.45) is 5.92 Å². The van der Waals surface area contributed by atoms with Crippen molar-refractivity contribution >= 4 is 17.8 Å². The summed E-state index contributed by atoms with van der Waals surface area (Å²) in [6.07, 6.45) is 26.1. The molecule has 2 heterocycles. The van der Waals surface area contributed by atoms with Gasteiger partial charge in [-0.1, -0.05) is 95.8 Å². The topological polar surface area (TPSA) is 18.5 Å². The van der Waals surface area contributed by atoms with Gasteiger partial charge in [-0.2, -0.15) is 0 Å². The molecule has 0 amide bonds. The second kappa shape index (κ2) is 10.5. The lowest BCUT2D eigenvalue weighted by molar-refractivity contribution is -0.0976. The lowest BCUT2D eigenvalue weighted by Crippen LogP contribution is -2.59. The van der Waals surface area contributed by atoms with E-state index in [9.17, 15) is 0 Å². The molecule has 0 radical (unpaired) electrons. The summed E-state index contributed by atoms with van der Waals surface area (Å²) < 4.78 is 14.2. The van der Waals surface area contributed by atoms with Crippen molar-refractivity contribution in [3.8, 4) is 0 Å². The molecule has 3 aliphatic carbocycles. The third-order valence-corrected chi connectivity index (χ3v) is 16.8. The molecule has 0 aromatic heterocycles. The van der Waals surface area contributed by atoms with Gasteiger partial charge in [0.25, 0.3) is 0 Å². The standard InChI is InChI=1S/C27H47O2PS/c1-20-13-12-17-22-26(19-20)30(31)25-18-11-5-3-2-4-8-14-21(25)28-23-15-9-6-7-10-16-24(29-22)27(23)30/h20-27H,2-19H2,1H3/t20-,21?,22?,23?,24?,25?,26?,27?,30?/m0/s1. The van der Waals surface area contributed by atoms with Crippen molar-refractivity contribution < 1.29 is 9.47 Å². The lowest BCUT2D eigenvalue weighted by Gasteiger charge is -2.60. The van der Waals surface area contributed by atoms with E-state index in [1.165, 1.54) is 116 Å². The zero-order chi connectivity index (χ0) is 21.3. The van der Waals surface area contributed by atoms with Crippen molar-refractivity contribution in [2.75, 3.05) is 0 Å². The molecule has 3 saturated carbocycles. The van der Waals surface area contributed by atoms with E-state index in [0.717, 1.165) is 5.92 Å². The fraction of sp³-hybridized carbons (Fsp3) is 1.00. The number of ether oxygens (including phenoxy) is 2. The molecule has 0 N–H and O–H groups in total. The lowest BCUT2D eigenvalue weighted by atomic mass is 9.96. The van der Waals surface area contributed by atoms with Gasteiger partial charge in [-0.3, -0.25) is 0 Å². The van der Waals surface area contributed by atoms with Gasteiger partial charge < -0.3 is 9.47 Å². The molecule has 5 fully saturated rings. The van der Waals surface area contributed by atoms with E-state index >= 15 is 0 Å². The molecule has 31 heavy (non-hydrogen) atoms. The summed E-state index contributed by atoms with van der Waals surface area (Å²) in [5, 5.41) is 0. The predicted octanol–water partition coefficient (Wildman–Crippen LogP) is 7.81. The minimum Gasteiger partial charge on any atom is -0.374 e. The Labute approximate surface area is 197 Å². The molecule has 2 aliphatic heterocycles. The molecule has 0 spiro atoms. The quantitative estimate of drug-likeness (QED) is 0.339. The van der Waals surface area contributed by atoms with E-state index < -0.39 is 6.04 Å². The van der Waals surface area contributed by atoms with Crippen molar-refractivity contribution in [1.29, 1.82) is 0 Å². The highest BCUT2D eigenvalue weighted by Gasteiger charge is 2.60. The Morgan fingerprint density at radius 3 is 1.68 bits per heavy atom. The Morgan fingerprint density at radius 1 is 0.548 bits per heavy atom. The van der Waals surface area contributed by atoms with Crippen LogP contribution >= 0.6 is 6.04 Å². The van der Waals surface area contributed by atoms with E-state index in [1.807, 2.05) is 0 Å². The number of hydrogen-bond donors (Lipinski definition) is 0. The summed E-state index contributed by atoms with van der Waals surface area (Å²) in [4.78, 5) is 0. The van der Waals surface area contributed by atoms with Crippen LogP contribution in [-0.4, -0.2) is 41.4 Å². The van der Waals surface area contributed by atoms with Crippen molar-refractivity contribution in [3.63, 3.8) is 0 Å². The Bertz CT molecular complexity index is 639. The van der Waals surface area contributed by atoms with Gasteiger partial charge in [-0.15, -0.1) is 0 Å². The molecule has 178 valence electrons. The monoisotopic (exact) mass is 466 g/mol. The van der Waals surface area contributed by atoms with Crippen molar-refractivity contribution in [1.82, 2.24) is 0 Å². The molecule has 5 aliphatic rings. The van der Waals surface area contributed by atoms with Gasteiger partial charge in [-0.25, -0.2) is 0 Å². The van der Waals surface area contributed by atoms with E-state index in [-0.39, 0.29) is 0 Å². The molecule has 9 atom stereocenters. The Morgan fingerprint density at radius 2 is 1.03 bits per heavy atom. The highest BCUT2D eigenvalue weighted by molar-refractivity contribution is 8.15. The van der Waals surface area contributed by atoms with Gasteiger partial charge >= 0.3 is 0 Å². The summed E-state index contributed by atoms with van der Waals surface area (Å²) in [7, 11) is 0. The van der Waals surface area contributed by atoms with Crippen LogP contribution in [0.3, 0.4) is 0 Å². The normalized spacial score (nSPS) is 49.7. The molecule has 0 aromatic carbocycles. The Kier molecular flexibility index (Phi) is 7.86. The summed E-state index contributed by atoms with van der Waals surface area (Å²) in [5.74, 6) is 0.825. The maximum atomic E-state index is 7.17. The maximum Gasteiger partial charge on any atom is 0.0679 e. The van der Waals surface area contributed by atoms with E-state index in [2.05, 4.69) is 6.92 Å². The van der Waals surface area contributed by atoms with Gasteiger partial charge in [0.2, 0.25) is 0 Å². The highest BCUT2D eigenvalue weighted by atomic mass is 32.4. The van der Waals surface area contributed by atoms with Crippen LogP contribution in [0.4, 0.5) is 0 Å². The SMILES string of the molecule is C[C@H]1CCCC2OC3CCCCCCC4OC5CCCCCCCCC5P(=S)(C2C1)C43. The van der Waals surface area contributed by atoms with E-state index in [0.29, 0.717) is 41.4 Å². The van der Waals surface area contributed by atoms with Crippen LogP contribution in [-0.2, 0) is 21.3 Å². The van der Waals surface area contributed by atoms with Gasteiger partial charge in [0.05, 0.1) is 24.4 Å². The maximum absolute atomic E-state index is 7.17.